The van der Waals surface area contributed by atoms with Crippen LogP contribution in [0.25, 0.3) is 0 Å². The van der Waals surface area contributed by atoms with Gasteiger partial charge in [-0.2, -0.15) is 0 Å². The van der Waals surface area contributed by atoms with E-state index in [-0.39, 0.29) is 16.0 Å². The van der Waals surface area contributed by atoms with Gasteiger partial charge >= 0.3 is 0 Å². The molecule has 0 heterocycles. The van der Waals surface area contributed by atoms with Gasteiger partial charge in [-0.05, 0) is 73.7 Å². The Morgan fingerprint density at radius 2 is 1.40 bits per heavy atom. The molecule has 3 rings (SSSR count). The van der Waals surface area contributed by atoms with Crippen molar-refractivity contribution >= 4 is 63.7 Å². The molecule has 0 spiro atoms. The number of carbonyl (C=O) groups is 2. The molecule has 0 atom stereocenters. The van der Waals surface area contributed by atoms with Crippen molar-refractivity contribution in [2.75, 3.05) is 10.6 Å². The Kier molecular flexibility index (Phi) is 7.05. The Hall–Kier alpha value is -2.93. The highest BCUT2D eigenvalue weighted by Gasteiger charge is 2.10. The standard InChI is InChI=1S/C22H17Cl2N3O2S/c1-13-3-2-4-14(11-13)20(28)25-16-6-8-17(9-7-16)26-22(30)27-21(29)15-5-10-18(23)19(24)12-15/h2-12H,1H3,(H,25,28)(H2,26,27,29,30). The molecule has 8 heteroatoms. The van der Waals surface area contributed by atoms with Gasteiger partial charge < -0.3 is 10.6 Å². The summed E-state index contributed by atoms with van der Waals surface area (Å²) in [6.07, 6.45) is 0. The maximum atomic E-state index is 12.3. The molecule has 0 fully saturated rings. The molecule has 0 aromatic heterocycles. The first kappa shape index (κ1) is 21.8. The topological polar surface area (TPSA) is 70.2 Å². The summed E-state index contributed by atoms with van der Waals surface area (Å²) in [5.74, 6) is -0.600. The molecule has 0 unspecified atom stereocenters. The van der Waals surface area contributed by atoms with Crippen LogP contribution in [0, 0.1) is 6.92 Å². The van der Waals surface area contributed by atoms with Crippen LogP contribution in [0.1, 0.15) is 26.3 Å². The number of halogens is 2. The lowest BCUT2D eigenvalue weighted by molar-refractivity contribution is 0.0976. The van der Waals surface area contributed by atoms with Crippen LogP contribution in [0.4, 0.5) is 11.4 Å². The van der Waals surface area contributed by atoms with Gasteiger partial charge in [0.15, 0.2) is 5.11 Å². The lowest BCUT2D eigenvalue weighted by Crippen LogP contribution is -2.34. The van der Waals surface area contributed by atoms with E-state index in [1.807, 2.05) is 25.1 Å². The number of aryl methyl sites for hydroxylation is 1. The summed E-state index contributed by atoms with van der Waals surface area (Å²) < 4.78 is 0. The van der Waals surface area contributed by atoms with Crippen LogP contribution in [0.15, 0.2) is 66.7 Å². The molecule has 3 N–H and O–H groups in total. The fourth-order valence-electron chi connectivity index (χ4n) is 2.60. The Labute approximate surface area is 189 Å². The number of carbonyl (C=O) groups excluding carboxylic acids is 2. The number of rotatable bonds is 4. The number of hydrogen-bond donors (Lipinski definition) is 3. The molecular weight excluding hydrogens is 441 g/mol. The molecule has 3 aromatic rings. The van der Waals surface area contributed by atoms with Gasteiger partial charge in [-0.25, -0.2) is 0 Å². The molecule has 0 aliphatic heterocycles. The summed E-state index contributed by atoms with van der Waals surface area (Å²) in [4.78, 5) is 24.6. The summed E-state index contributed by atoms with van der Waals surface area (Å²) in [5.41, 5.74) is 3.23. The van der Waals surface area contributed by atoms with Gasteiger partial charge in [0, 0.05) is 22.5 Å². The Bertz CT molecular complexity index is 1120. The van der Waals surface area contributed by atoms with Gasteiger partial charge in [0.1, 0.15) is 0 Å². The highest BCUT2D eigenvalue weighted by atomic mass is 35.5. The van der Waals surface area contributed by atoms with Crippen LogP contribution in [0.2, 0.25) is 10.0 Å². The summed E-state index contributed by atoms with van der Waals surface area (Å²) in [6.45, 7) is 1.93. The zero-order valence-corrected chi connectivity index (χ0v) is 18.2. The van der Waals surface area contributed by atoms with Crippen molar-refractivity contribution in [3.05, 3.63) is 93.5 Å². The van der Waals surface area contributed by atoms with Crippen LogP contribution < -0.4 is 16.0 Å². The molecule has 0 aliphatic carbocycles. The minimum atomic E-state index is -0.409. The van der Waals surface area contributed by atoms with E-state index in [1.165, 1.54) is 6.07 Å². The number of benzene rings is 3. The summed E-state index contributed by atoms with van der Waals surface area (Å²) in [7, 11) is 0. The van der Waals surface area contributed by atoms with E-state index in [4.69, 9.17) is 35.4 Å². The average molecular weight is 458 g/mol. The SMILES string of the molecule is Cc1cccc(C(=O)Nc2ccc(NC(=S)NC(=O)c3ccc(Cl)c(Cl)c3)cc2)c1. The zero-order valence-electron chi connectivity index (χ0n) is 15.8. The second kappa shape index (κ2) is 9.71. The van der Waals surface area contributed by atoms with E-state index in [9.17, 15) is 9.59 Å². The minimum Gasteiger partial charge on any atom is -0.332 e. The molecule has 152 valence electrons. The van der Waals surface area contributed by atoms with Crippen molar-refractivity contribution in [1.82, 2.24) is 5.32 Å². The number of anilines is 2. The molecule has 30 heavy (non-hydrogen) atoms. The summed E-state index contributed by atoms with van der Waals surface area (Å²) in [5, 5.41) is 9.10. The third kappa shape index (κ3) is 5.79. The minimum absolute atomic E-state index is 0.127. The van der Waals surface area contributed by atoms with Crippen molar-refractivity contribution in [2.45, 2.75) is 6.92 Å². The van der Waals surface area contributed by atoms with Crippen molar-refractivity contribution in [3.8, 4) is 0 Å². The molecule has 0 saturated heterocycles. The van der Waals surface area contributed by atoms with E-state index in [0.717, 1.165) is 5.56 Å². The third-order valence-corrected chi connectivity index (χ3v) is 5.03. The smallest absolute Gasteiger partial charge is 0.257 e. The molecular formula is C22H17Cl2N3O2S. The van der Waals surface area contributed by atoms with Gasteiger partial charge in [-0.1, -0.05) is 40.9 Å². The third-order valence-electron chi connectivity index (χ3n) is 4.09. The Balaban J connectivity index is 1.57. The monoisotopic (exact) mass is 457 g/mol. The van der Waals surface area contributed by atoms with Gasteiger partial charge in [-0.15, -0.1) is 0 Å². The second-order valence-electron chi connectivity index (χ2n) is 6.44. The molecule has 0 aliphatic rings. The quantitative estimate of drug-likeness (QED) is 0.440. The van der Waals surface area contributed by atoms with Crippen LogP contribution >= 0.6 is 35.4 Å². The van der Waals surface area contributed by atoms with Gasteiger partial charge in [0.2, 0.25) is 0 Å². The van der Waals surface area contributed by atoms with Crippen LogP contribution in [0.3, 0.4) is 0 Å². The lowest BCUT2D eigenvalue weighted by atomic mass is 10.1. The number of hydrogen-bond acceptors (Lipinski definition) is 3. The molecule has 2 amide bonds. The lowest BCUT2D eigenvalue weighted by Gasteiger charge is -2.11. The maximum Gasteiger partial charge on any atom is 0.257 e. The van der Waals surface area contributed by atoms with Crippen molar-refractivity contribution in [3.63, 3.8) is 0 Å². The molecule has 3 aromatic carbocycles. The van der Waals surface area contributed by atoms with Crippen molar-refractivity contribution in [1.29, 1.82) is 0 Å². The Morgan fingerprint density at radius 1 is 0.767 bits per heavy atom. The molecule has 0 bridgehead atoms. The van der Waals surface area contributed by atoms with Crippen LogP contribution in [0.5, 0.6) is 0 Å². The number of amides is 2. The van der Waals surface area contributed by atoms with Gasteiger partial charge in [-0.3, -0.25) is 14.9 Å². The van der Waals surface area contributed by atoms with E-state index in [1.54, 1.807) is 42.5 Å². The Morgan fingerprint density at radius 3 is 2.03 bits per heavy atom. The van der Waals surface area contributed by atoms with E-state index in [0.29, 0.717) is 27.5 Å². The number of nitrogens with one attached hydrogen (secondary N) is 3. The predicted molar refractivity (Wildman–Crippen MR) is 126 cm³/mol. The van der Waals surface area contributed by atoms with Crippen molar-refractivity contribution < 1.29 is 9.59 Å². The van der Waals surface area contributed by atoms with E-state index >= 15 is 0 Å². The predicted octanol–water partition coefficient (Wildman–Crippen LogP) is 5.68. The normalized spacial score (nSPS) is 10.2. The van der Waals surface area contributed by atoms with Gasteiger partial charge in [0.25, 0.3) is 11.8 Å². The first-order chi connectivity index (χ1) is 14.3. The zero-order chi connectivity index (χ0) is 21.7. The first-order valence-corrected chi connectivity index (χ1v) is 10.0. The van der Waals surface area contributed by atoms with Crippen LogP contribution in [-0.4, -0.2) is 16.9 Å². The highest BCUT2D eigenvalue weighted by molar-refractivity contribution is 7.80. The highest BCUT2D eigenvalue weighted by Crippen LogP contribution is 2.22. The summed E-state index contributed by atoms with van der Waals surface area (Å²) in [6, 6.07) is 18.9. The fraction of sp³-hybridized carbons (Fsp3) is 0.0455. The van der Waals surface area contributed by atoms with Gasteiger partial charge in [0.05, 0.1) is 10.0 Å². The molecule has 0 saturated carbocycles. The second-order valence-corrected chi connectivity index (χ2v) is 7.66. The average Bonchev–Trinajstić information content (AvgIpc) is 2.71. The maximum absolute atomic E-state index is 12.3. The first-order valence-electron chi connectivity index (χ1n) is 8.87. The molecule has 0 radical (unpaired) electrons. The van der Waals surface area contributed by atoms with Crippen molar-refractivity contribution in [2.24, 2.45) is 0 Å². The number of thiocarbonyl (C=S) groups is 1. The van der Waals surface area contributed by atoms with E-state index < -0.39 is 5.91 Å². The van der Waals surface area contributed by atoms with Crippen LogP contribution in [-0.2, 0) is 0 Å². The summed E-state index contributed by atoms with van der Waals surface area (Å²) >= 11 is 17.0. The fourth-order valence-corrected chi connectivity index (χ4v) is 3.11. The molecule has 5 nitrogen and oxygen atoms in total. The van der Waals surface area contributed by atoms with E-state index in [2.05, 4.69) is 16.0 Å². The largest absolute Gasteiger partial charge is 0.332 e.